The number of methoxy groups -OCH3 is 1. The van der Waals surface area contributed by atoms with E-state index in [4.69, 9.17) is 9.47 Å². The summed E-state index contributed by atoms with van der Waals surface area (Å²) in [6.07, 6.45) is 6.35. The number of unbranched alkanes of at least 4 members (excludes halogenated alkanes) is 2. The number of hydrogen-bond donors (Lipinski definition) is 1. The Kier molecular flexibility index (Phi) is 8.18. The molecule has 2 aromatic carbocycles. The maximum atomic E-state index is 14.4. The standard InChI is InChI=1S/C29H29FN2O5/c1-3-4-5-15-37-22-11-8-20(9-12-22)26-25(27(33)21-10-13-24(36-2)23(30)16-21)28(34)29(35)32(26)18-19-7-6-14-31-17-19/h6-14,16-17,26,33H,3-5,15,18H2,1-2H3/t26-/m1/s1. The van der Waals surface area contributed by atoms with Gasteiger partial charge < -0.3 is 19.5 Å². The molecule has 3 aromatic rings. The predicted molar refractivity (Wildman–Crippen MR) is 136 cm³/mol. The smallest absolute Gasteiger partial charge is 0.295 e. The molecule has 1 fully saturated rings. The molecule has 0 aliphatic carbocycles. The highest BCUT2D eigenvalue weighted by atomic mass is 19.1. The fourth-order valence-corrected chi connectivity index (χ4v) is 4.34. The van der Waals surface area contributed by atoms with Crippen LogP contribution in [-0.4, -0.2) is 40.4 Å². The van der Waals surface area contributed by atoms with E-state index in [0.29, 0.717) is 17.9 Å². The Morgan fingerprint density at radius 3 is 2.54 bits per heavy atom. The molecule has 1 N–H and O–H groups in total. The first-order valence-corrected chi connectivity index (χ1v) is 12.2. The highest BCUT2D eigenvalue weighted by Gasteiger charge is 2.46. The van der Waals surface area contributed by atoms with Crippen LogP contribution in [0.15, 0.2) is 72.6 Å². The molecule has 1 amide bonds. The van der Waals surface area contributed by atoms with E-state index in [9.17, 15) is 19.1 Å². The summed E-state index contributed by atoms with van der Waals surface area (Å²) in [6.45, 7) is 2.82. The van der Waals surface area contributed by atoms with Crippen LogP contribution >= 0.6 is 0 Å². The molecule has 37 heavy (non-hydrogen) atoms. The molecule has 8 heteroatoms. The molecule has 7 nitrogen and oxygen atoms in total. The zero-order valence-electron chi connectivity index (χ0n) is 20.8. The molecule has 0 saturated carbocycles. The van der Waals surface area contributed by atoms with Crippen LogP contribution in [-0.2, 0) is 16.1 Å². The summed E-state index contributed by atoms with van der Waals surface area (Å²) in [4.78, 5) is 31.9. The Hall–Kier alpha value is -4.20. The van der Waals surface area contributed by atoms with E-state index in [1.807, 2.05) is 0 Å². The number of hydrogen-bond acceptors (Lipinski definition) is 6. The SMILES string of the molecule is CCCCCOc1ccc([C@@H]2C(=C(O)c3ccc(OC)c(F)c3)C(=O)C(=O)N2Cc2cccnc2)cc1. The highest BCUT2D eigenvalue weighted by molar-refractivity contribution is 6.46. The van der Waals surface area contributed by atoms with E-state index in [-0.39, 0.29) is 23.4 Å². The number of Topliss-reactive ketones (excluding diaryl/α,β-unsaturated/α-hetero) is 1. The van der Waals surface area contributed by atoms with Crippen LogP contribution in [0.2, 0.25) is 0 Å². The number of rotatable bonds is 10. The van der Waals surface area contributed by atoms with Crippen molar-refractivity contribution in [3.8, 4) is 11.5 Å². The quantitative estimate of drug-likeness (QED) is 0.172. The molecule has 0 radical (unpaired) electrons. The maximum Gasteiger partial charge on any atom is 0.295 e. The predicted octanol–water partition coefficient (Wildman–Crippen LogP) is 5.42. The minimum atomic E-state index is -0.889. The van der Waals surface area contributed by atoms with Crippen LogP contribution in [0.4, 0.5) is 4.39 Å². The van der Waals surface area contributed by atoms with Crippen molar-refractivity contribution in [2.24, 2.45) is 0 Å². The number of carbonyl (C=O) groups excluding carboxylic acids is 2. The van der Waals surface area contributed by atoms with Gasteiger partial charge in [-0.25, -0.2) is 4.39 Å². The van der Waals surface area contributed by atoms with Gasteiger partial charge in [0.15, 0.2) is 11.6 Å². The molecule has 0 bridgehead atoms. The zero-order valence-corrected chi connectivity index (χ0v) is 20.8. The molecular formula is C29H29FN2O5. The van der Waals surface area contributed by atoms with Gasteiger partial charge in [0.05, 0.1) is 25.3 Å². The number of amides is 1. The lowest BCUT2D eigenvalue weighted by atomic mass is 9.95. The number of benzene rings is 2. The Morgan fingerprint density at radius 2 is 1.89 bits per heavy atom. The van der Waals surface area contributed by atoms with E-state index in [1.54, 1.807) is 48.8 Å². The molecule has 2 heterocycles. The van der Waals surface area contributed by atoms with Crippen molar-refractivity contribution < 1.29 is 28.6 Å². The Morgan fingerprint density at radius 1 is 1.11 bits per heavy atom. The summed E-state index contributed by atoms with van der Waals surface area (Å²) in [5, 5.41) is 11.2. The molecule has 0 spiro atoms. The van der Waals surface area contributed by atoms with Crippen molar-refractivity contribution in [2.75, 3.05) is 13.7 Å². The van der Waals surface area contributed by atoms with Crippen molar-refractivity contribution >= 4 is 17.4 Å². The van der Waals surface area contributed by atoms with Crippen molar-refractivity contribution in [2.45, 2.75) is 38.8 Å². The Balaban J connectivity index is 1.74. The van der Waals surface area contributed by atoms with Crippen molar-refractivity contribution in [3.05, 3.63) is 95.1 Å². The lowest BCUT2D eigenvalue weighted by Crippen LogP contribution is -2.29. The first-order chi connectivity index (χ1) is 17.9. The number of pyridine rings is 1. The number of aromatic nitrogens is 1. The number of ketones is 1. The summed E-state index contributed by atoms with van der Waals surface area (Å²) in [7, 11) is 1.33. The van der Waals surface area contributed by atoms with Gasteiger partial charge >= 0.3 is 0 Å². The molecule has 192 valence electrons. The third kappa shape index (κ3) is 5.63. The topological polar surface area (TPSA) is 89.0 Å². The van der Waals surface area contributed by atoms with Crippen LogP contribution < -0.4 is 9.47 Å². The number of aliphatic hydroxyl groups is 1. The number of aliphatic hydroxyl groups excluding tert-OH is 1. The van der Waals surface area contributed by atoms with E-state index < -0.39 is 29.3 Å². The largest absolute Gasteiger partial charge is 0.507 e. The van der Waals surface area contributed by atoms with Crippen molar-refractivity contribution in [1.82, 2.24) is 9.88 Å². The number of halogens is 1. The maximum absolute atomic E-state index is 14.4. The van der Waals surface area contributed by atoms with Crippen LogP contribution in [0.5, 0.6) is 11.5 Å². The molecule has 1 aromatic heterocycles. The number of likely N-dealkylation sites (tertiary alicyclic amines) is 1. The van der Waals surface area contributed by atoms with Gasteiger partial charge in [0.2, 0.25) is 0 Å². The molecule has 1 saturated heterocycles. The Labute approximate surface area is 215 Å². The second-order valence-corrected chi connectivity index (χ2v) is 8.76. The fraction of sp³-hybridized carbons (Fsp3) is 0.276. The molecular weight excluding hydrogens is 475 g/mol. The Bertz CT molecular complexity index is 1290. The average Bonchev–Trinajstić information content (AvgIpc) is 3.16. The van der Waals surface area contributed by atoms with Crippen LogP contribution in [0.3, 0.4) is 0 Å². The lowest BCUT2D eigenvalue weighted by Gasteiger charge is -2.25. The van der Waals surface area contributed by atoms with Crippen LogP contribution in [0.1, 0.15) is 48.9 Å². The van der Waals surface area contributed by atoms with Gasteiger partial charge in [-0.05, 0) is 53.9 Å². The highest BCUT2D eigenvalue weighted by Crippen LogP contribution is 2.41. The van der Waals surface area contributed by atoms with Crippen LogP contribution in [0, 0.1) is 5.82 Å². The molecule has 1 aliphatic heterocycles. The van der Waals surface area contributed by atoms with Crippen molar-refractivity contribution in [3.63, 3.8) is 0 Å². The fourth-order valence-electron chi connectivity index (χ4n) is 4.34. The molecule has 4 rings (SSSR count). The minimum Gasteiger partial charge on any atom is -0.507 e. The summed E-state index contributed by atoms with van der Waals surface area (Å²) in [5.41, 5.74) is 1.29. The van der Waals surface area contributed by atoms with Gasteiger partial charge in [-0.1, -0.05) is 38.0 Å². The lowest BCUT2D eigenvalue weighted by molar-refractivity contribution is -0.140. The van der Waals surface area contributed by atoms with Gasteiger partial charge in [-0.15, -0.1) is 0 Å². The normalized spacial score (nSPS) is 16.7. The van der Waals surface area contributed by atoms with Crippen LogP contribution in [0.25, 0.3) is 5.76 Å². The number of carbonyl (C=O) groups is 2. The zero-order chi connectivity index (χ0) is 26.4. The van der Waals surface area contributed by atoms with Gasteiger partial charge in [-0.3, -0.25) is 14.6 Å². The van der Waals surface area contributed by atoms with Gasteiger partial charge in [-0.2, -0.15) is 0 Å². The van der Waals surface area contributed by atoms with E-state index in [2.05, 4.69) is 11.9 Å². The molecule has 0 unspecified atom stereocenters. The minimum absolute atomic E-state index is 0.000320. The summed E-state index contributed by atoms with van der Waals surface area (Å²) >= 11 is 0. The van der Waals surface area contributed by atoms with E-state index in [0.717, 1.165) is 30.9 Å². The molecule has 1 aliphatic rings. The number of ether oxygens (including phenoxy) is 2. The van der Waals surface area contributed by atoms with Crippen molar-refractivity contribution in [1.29, 1.82) is 0 Å². The van der Waals surface area contributed by atoms with Gasteiger partial charge in [0.1, 0.15) is 11.5 Å². The summed E-state index contributed by atoms with van der Waals surface area (Å²) < 4.78 is 25.2. The average molecular weight is 505 g/mol. The van der Waals surface area contributed by atoms with E-state index in [1.165, 1.54) is 24.1 Å². The summed E-state index contributed by atoms with van der Waals surface area (Å²) in [6, 6.07) is 13.6. The van der Waals surface area contributed by atoms with Gasteiger partial charge in [0.25, 0.3) is 11.7 Å². The monoisotopic (exact) mass is 504 g/mol. The third-order valence-corrected chi connectivity index (χ3v) is 6.25. The van der Waals surface area contributed by atoms with E-state index >= 15 is 0 Å². The molecule has 1 atom stereocenters. The second kappa shape index (κ2) is 11.7. The summed E-state index contributed by atoms with van der Waals surface area (Å²) in [5.74, 6) is -2.09. The number of nitrogens with zero attached hydrogens (tertiary/aromatic N) is 2. The first-order valence-electron chi connectivity index (χ1n) is 12.2. The van der Waals surface area contributed by atoms with Gasteiger partial charge in [0, 0.05) is 24.5 Å². The second-order valence-electron chi connectivity index (χ2n) is 8.76. The first kappa shape index (κ1) is 25.9. The third-order valence-electron chi connectivity index (χ3n) is 6.25.